The van der Waals surface area contributed by atoms with Crippen LogP contribution >= 0.6 is 0 Å². The highest BCUT2D eigenvalue weighted by Gasteiger charge is 2.55. The van der Waals surface area contributed by atoms with Gasteiger partial charge in [0.1, 0.15) is 29.4 Å². The number of H-pyrrole nitrogens is 1. The minimum absolute atomic E-state index is 0.147. The van der Waals surface area contributed by atoms with Crippen LogP contribution in [0.1, 0.15) is 86.6 Å². The molecule has 1 aliphatic carbocycles. The molecule has 3 aromatic heterocycles. The van der Waals surface area contributed by atoms with Crippen molar-refractivity contribution in [3.05, 3.63) is 89.8 Å². The molecule has 5 aromatic rings. The molecule has 2 aromatic carbocycles. The normalized spacial score (nSPS) is 22.4. The van der Waals surface area contributed by atoms with Crippen molar-refractivity contribution in [2.75, 3.05) is 20.8 Å². The fraction of sp³-hybridized carbons (Fsp3) is 0.400. The number of aliphatic carboxylic acids is 1. The Morgan fingerprint density at radius 1 is 0.984 bits per heavy atom. The lowest BCUT2D eigenvalue weighted by Gasteiger charge is -2.36. The second kappa shape index (κ2) is 16.9. The second-order valence-corrected chi connectivity index (χ2v) is 16.5. The van der Waals surface area contributed by atoms with E-state index in [0.717, 1.165) is 35.2 Å². The van der Waals surface area contributed by atoms with Crippen molar-refractivity contribution in [2.45, 2.75) is 87.9 Å². The van der Waals surface area contributed by atoms with Crippen LogP contribution in [0.4, 0.5) is 9.59 Å². The van der Waals surface area contributed by atoms with Gasteiger partial charge in [0.15, 0.2) is 0 Å². The lowest BCUT2D eigenvalue weighted by atomic mass is 9.68. The van der Waals surface area contributed by atoms with Crippen LogP contribution in [0.25, 0.3) is 33.5 Å². The maximum atomic E-state index is 14.4. The number of fused-ring (bicyclic) bond motifs is 1. The molecule has 17 heteroatoms. The number of aromatic amines is 1. The van der Waals surface area contributed by atoms with Gasteiger partial charge in [-0.05, 0) is 66.5 Å². The molecule has 1 fully saturated rings. The van der Waals surface area contributed by atoms with Gasteiger partial charge >= 0.3 is 18.2 Å². The summed E-state index contributed by atoms with van der Waals surface area (Å²) in [6, 6.07) is 11.9. The number of likely N-dealkylation sites (tertiary alicyclic amines) is 1. The summed E-state index contributed by atoms with van der Waals surface area (Å²) in [6.07, 6.45) is 6.37. The summed E-state index contributed by atoms with van der Waals surface area (Å²) in [6.45, 7) is 4.29. The first-order chi connectivity index (χ1) is 29.9. The van der Waals surface area contributed by atoms with E-state index in [1.54, 1.807) is 46.3 Å². The SMILES string of the molecule is COC(=O)N[C@H]1CCc2ccn3c2C1C(=O)C[C@](C(=O)O)(c1ccc2nc(-c4ccc(-c5cnc([C@@H]6CCCN6C(=O)[C@@H](NC(=O)OC)C(C)C)[nH]5)cc4)cnc2c1)C3CC=O. The van der Waals surface area contributed by atoms with Gasteiger partial charge in [-0.25, -0.2) is 19.6 Å². The van der Waals surface area contributed by atoms with Gasteiger partial charge in [0.05, 0.1) is 67.0 Å². The van der Waals surface area contributed by atoms with Crippen LogP contribution in [-0.2, 0) is 40.5 Å². The van der Waals surface area contributed by atoms with Crippen LogP contribution in [0.15, 0.2) is 67.1 Å². The number of nitrogens with zero attached hydrogens (tertiary/aromatic N) is 5. The number of carbonyl (C=O) groups excluding carboxylic acids is 5. The maximum Gasteiger partial charge on any atom is 0.407 e. The highest BCUT2D eigenvalue weighted by molar-refractivity contribution is 5.97. The van der Waals surface area contributed by atoms with E-state index < -0.39 is 54.0 Å². The van der Waals surface area contributed by atoms with E-state index in [1.807, 2.05) is 44.2 Å². The number of rotatable bonds is 11. The first-order valence-electron chi connectivity index (χ1n) is 20.7. The highest BCUT2D eigenvalue weighted by Crippen LogP contribution is 2.50. The molecule has 3 aliphatic rings. The van der Waals surface area contributed by atoms with Crippen molar-refractivity contribution >= 4 is 47.2 Å². The van der Waals surface area contributed by atoms with Crippen molar-refractivity contribution in [1.82, 2.24) is 40.0 Å². The van der Waals surface area contributed by atoms with Gasteiger partial charge in [0, 0.05) is 42.9 Å². The number of aldehydes is 1. The van der Waals surface area contributed by atoms with Gasteiger partial charge in [0.25, 0.3) is 0 Å². The van der Waals surface area contributed by atoms with E-state index in [0.29, 0.717) is 59.5 Å². The average Bonchev–Trinajstić information content (AvgIpc) is 4.05. The summed E-state index contributed by atoms with van der Waals surface area (Å²) < 4.78 is 11.3. The molecule has 3 amide bonds. The summed E-state index contributed by atoms with van der Waals surface area (Å²) in [7, 11) is 2.51. The number of ketones is 1. The molecule has 2 aliphatic heterocycles. The molecular formula is C45H48N8O9. The van der Waals surface area contributed by atoms with Crippen LogP contribution in [0.3, 0.4) is 0 Å². The van der Waals surface area contributed by atoms with Crippen molar-refractivity contribution in [3.8, 4) is 22.5 Å². The minimum Gasteiger partial charge on any atom is -0.481 e. The van der Waals surface area contributed by atoms with Gasteiger partial charge < -0.3 is 44.5 Å². The third kappa shape index (κ3) is 7.34. The van der Waals surface area contributed by atoms with Crippen molar-refractivity contribution in [2.24, 2.45) is 5.92 Å². The Hall–Kier alpha value is -6.91. The molecule has 5 heterocycles. The Balaban J connectivity index is 1.05. The Kier molecular flexibility index (Phi) is 11.4. The number of alkyl carbamates (subject to hydrolysis) is 2. The monoisotopic (exact) mass is 844 g/mol. The number of aryl methyl sites for hydroxylation is 1. The van der Waals surface area contributed by atoms with E-state index in [4.69, 9.17) is 19.4 Å². The van der Waals surface area contributed by atoms with E-state index in [9.17, 15) is 33.9 Å². The van der Waals surface area contributed by atoms with Crippen LogP contribution < -0.4 is 10.6 Å². The topological polar surface area (TPSA) is 228 Å². The molecule has 4 N–H and O–H groups in total. The lowest BCUT2D eigenvalue weighted by molar-refractivity contribution is -0.148. The Morgan fingerprint density at radius 3 is 2.45 bits per heavy atom. The molecule has 322 valence electrons. The number of carboxylic acids is 1. The number of carboxylic acid groups (broad SMARTS) is 1. The molecular weight excluding hydrogens is 797 g/mol. The Morgan fingerprint density at radius 2 is 1.74 bits per heavy atom. The Labute approximate surface area is 356 Å². The maximum absolute atomic E-state index is 14.4. The third-order valence-electron chi connectivity index (χ3n) is 12.7. The van der Waals surface area contributed by atoms with Crippen molar-refractivity contribution in [3.63, 3.8) is 0 Å². The fourth-order valence-electron chi connectivity index (χ4n) is 9.63. The molecule has 0 radical (unpaired) electrons. The summed E-state index contributed by atoms with van der Waals surface area (Å²) in [4.78, 5) is 97.5. The van der Waals surface area contributed by atoms with E-state index in [1.165, 1.54) is 14.2 Å². The molecule has 0 spiro atoms. The standard InChI is InChI=1S/C45H48N8O9/c1-24(2)38(51-44(60)62-4)41(56)52-17-5-6-34(52)40-47-23-33(49-40)26-9-7-25(8-10-26)32-22-46-31-20-28(12-14-29(31)48-32)45(42(57)58)21-35(55)37-30(50-43(59)61-3)13-11-27-15-18-53(39(27)37)36(45)16-19-54/h7-10,12,14-15,18-20,22-24,30,34,36-38H,5-6,11,13,16-17,21H2,1-4H3,(H,47,49)(H,50,59)(H,51,60)(H,57,58)/t30-,34-,36?,37?,38-,45-/m0/s1. The fourth-order valence-corrected chi connectivity index (χ4v) is 9.63. The summed E-state index contributed by atoms with van der Waals surface area (Å²) in [5, 5.41) is 16.6. The Bertz CT molecular complexity index is 2570. The first-order valence-corrected chi connectivity index (χ1v) is 20.7. The van der Waals surface area contributed by atoms with Crippen LogP contribution in [0.2, 0.25) is 0 Å². The molecule has 2 unspecified atom stereocenters. The predicted octanol–water partition coefficient (Wildman–Crippen LogP) is 5.41. The molecule has 6 atom stereocenters. The number of methoxy groups -OCH3 is 2. The zero-order valence-corrected chi connectivity index (χ0v) is 34.8. The van der Waals surface area contributed by atoms with Crippen molar-refractivity contribution < 1.29 is 43.3 Å². The second-order valence-electron chi connectivity index (χ2n) is 16.5. The molecule has 0 saturated carbocycles. The van der Waals surface area contributed by atoms with E-state index >= 15 is 0 Å². The highest BCUT2D eigenvalue weighted by atomic mass is 16.5. The first kappa shape index (κ1) is 41.8. The van der Waals surface area contributed by atoms with Crippen LogP contribution in [0, 0.1) is 5.92 Å². The summed E-state index contributed by atoms with van der Waals surface area (Å²) in [5.41, 5.74) is 3.84. The van der Waals surface area contributed by atoms with Crippen LogP contribution in [-0.4, -0.2) is 103 Å². The number of Topliss-reactive ketones (excluding diaryl/α,β-unsaturated/α-hetero) is 1. The average molecular weight is 845 g/mol. The smallest absolute Gasteiger partial charge is 0.407 e. The van der Waals surface area contributed by atoms with Gasteiger partial charge in [0.2, 0.25) is 5.91 Å². The van der Waals surface area contributed by atoms with E-state index in [2.05, 4.69) is 20.6 Å². The van der Waals surface area contributed by atoms with Crippen molar-refractivity contribution in [1.29, 1.82) is 0 Å². The number of imidazole rings is 1. The van der Waals surface area contributed by atoms with E-state index in [-0.39, 0.29) is 30.1 Å². The number of ether oxygens (including phenoxy) is 2. The summed E-state index contributed by atoms with van der Waals surface area (Å²) >= 11 is 0. The van der Waals surface area contributed by atoms with Crippen LogP contribution in [0.5, 0.6) is 0 Å². The number of hydrogen-bond acceptors (Lipinski definition) is 11. The number of aromatic nitrogens is 5. The molecule has 0 bridgehead atoms. The number of carbonyl (C=O) groups is 6. The quantitative estimate of drug-likeness (QED) is 0.122. The van der Waals surface area contributed by atoms with Gasteiger partial charge in [-0.15, -0.1) is 0 Å². The largest absolute Gasteiger partial charge is 0.481 e. The predicted molar refractivity (Wildman–Crippen MR) is 224 cm³/mol. The zero-order chi connectivity index (χ0) is 43.9. The molecule has 1 saturated heterocycles. The number of hydrogen-bond donors (Lipinski definition) is 4. The number of amides is 3. The zero-order valence-electron chi connectivity index (χ0n) is 34.8. The molecule has 17 nitrogen and oxygen atoms in total. The third-order valence-corrected chi connectivity index (χ3v) is 12.7. The number of benzene rings is 2. The molecule has 8 rings (SSSR count). The molecule has 62 heavy (non-hydrogen) atoms. The van der Waals surface area contributed by atoms with Gasteiger partial charge in [-0.3, -0.25) is 19.4 Å². The number of nitrogens with one attached hydrogen (secondary N) is 3. The summed E-state index contributed by atoms with van der Waals surface area (Å²) in [5.74, 6) is -2.13. The van der Waals surface area contributed by atoms with Gasteiger partial charge in [-0.2, -0.15) is 0 Å². The van der Waals surface area contributed by atoms with Gasteiger partial charge in [-0.1, -0.05) is 44.2 Å². The minimum atomic E-state index is -1.85. The lowest BCUT2D eigenvalue weighted by Crippen LogP contribution is -2.51.